The maximum atomic E-state index is 13.9. The molecule has 382 valence electrons. The SMILES string of the molecule is CCn1nc(C)cc1C(=O)/N=c1\[nH]c2cc(C(N)=O)cc(OC)c2n1C/C=C/Cn1/c(=N/C(=O)c2cc(C)nn2CC)[nH]c2cc(C(N)=O)cc(OCCCN3CCN(C(=O)CCC(=O)NCCO)CC3)c21. The lowest BCUT2D eigenvalue weighted by Crippen LogP contribution is -2.49. The van der Waals surface area contributed by atoms with Crippen molar-refractivity contribution >= 4 is 57.5 Å². The second-order valence-electron chi connectivity index (χ2n) is 17.1. The number of carbonyl (C=O) groups is 6. The van der Waals surface area contributed by atoms with E-state index in [1.54, 1.807) is 67.6 Å². The third-order valence-corrected chi connectivity index (χ3v) is 12.1. The van der Waals surface area contributed by atoms with Crippen LogP contribution < -0.4 is 37.5 Å². The van der Waals surface area contributed by atoms with E-state index >= 15 is 0 Å². The molecule has 5 heterocycles. The molecule has 24 nitrogen and oxygen atoms in total. The Morgan fingerprint density at radius 1 is 0.750 bits per heavy atom. The van der Waals surface area contributed by atoms with Crippen molar-refractivity contribution < 1.29 is 43.3 Å². The van der Waals surface area contributed by atoms with Gasteiger partial charge in [-0.1, -0.05) is 12.2 Å². The highest BCUT2D eigenvalue weighted by atomic mass is 16.5. The van der Waals surface area contributed by atoms with Crippen molar-refractivity contribution in [2.45, 2.75) is 73.1 Å². The number of hydrogen-bond acceptors (Lipinski definition) is 12. The summed E-state index contributed by atoms with van der Waals surface area (Å²) < 4.78 is 18.8. The molecule has 0 aliphatic carbocycles. The van der Waals surface area contributed by atoms with Crippen molar-refractivity contribution in [2.24, 2.45) is 21.5 Å². The summed E-state index contributed by atoms with van der Waals surface area (Å²) in [7, 11) is 1.45. The lowest BCUT2D eigenvalue weighted by atomic mass is 10.1. The number of carbonyl (C=O) groups excluding carboxylic acids is 6. The van der Waals surface area contributed by atoms with Gasteiger partial charge in [-0.2, -0.15) is 20.2 Å². The number of aliphatic hydroxyl groups excluding tert-OH is 1. The Balaban J connectivity index is 1.18. The van der Waals surface area contributed by atoms with Crippen LogP contribution in [-0.4, -0.2) is 149 Å². The molecular weight excluding hydrogens is 931 g/mol. The molecule has 6 amide bonds. The minimum atomic E-state index is -0.694. The average molecular weight is 992 g/mol. The van der Waals surface area contributed by atoms with Gasteiger partial charge in [-0.3, -0.25) is 43.0 Å². The van der Waals surface area contributed by atoms with E-state index < -0.39 is 23.6 Å². The number of aryl methyl sites for hydroxylation is 4. The zero-order valence-electron chi connectivity index (χ0n) is 41.1. The summed E-state index contributed by atoms with van der Waals surface area (Å²) in [5, 5.41) is 20.3. The second-order valence-corrected chi connectivity index (χ2v) is 17.1. The molecule has 0 bridgehead atoms. The number of nitrogens with one attached hydrogen (secondary N) is 3. The molecule has 8 N–H and O–H groups in total. The van der Waals surface area contributed by atoms with Crippen LogP contribution in [0.3, 0.4) is 0 Å². The van der Waals surface area contributed by atoms with Crippen molar-refractivity contribution in [3.8, 4) is 11.5 Å². The zero-order chi connectivity index (χ0) is 51.6. The number of imidazole rings is 2. The third-order valence-electron chi connectivity index (χ3n) is 12.1. The molecule has 1 saturated heterocycles. The van der Waals surface area contributed by atoms with Crippen LogP contribution >= 0.6 is 0 Å². The number of amides is 6. The van der Waals surface area contributed by atoms with Crippen LogP contribution in [0, 0.1) is 13.8 Å². The first-order chi connectivity index (χ1) is 34.6. The van der Waals surface area contributed by atoms with Crippen LogP contribution in [0.5, 0.6) is 11.5 Å². The molecule has 2 aromatic carbocycles. The predicted octanol–water partition coefficient (Wildman–Crippen LogP) is 1.05. The van der Waals surface area contributed by atoms with Gasteiger partial charge in [0.25, 0.3) is 11.8 Å². The van der Waals surface area contributed by atoms with E-state index in [0.717, 1.165) is 0 Å². The molecule has 6 aromatic rings. The van der Waals surface area contributed by atoms with Crippen LogP contribution in [0.15, 0.2) is 58.5 Å². The van der Waals surface area contributed by atoms with Crippen molar-refractivity contribution in [1.29, 1.82) is 0 Å². The van der Waals surface area contributed by atoms with Crippen LogP contribution in [0.2, 0.25) is 0 Å². The fourth-order valence-corrected chi connectivity index (χ4v) is 8.57. The van der Waals surface area contributed by atoms with Crippen molar-refractivity contribution in [1.82, 2.24) is 53.8 Å². The molecule has 4 aromatic heterocycles. The number of aromatic nitrogens is 8. The van der Waals surface area contributed by atoms with Crippen molar-refractivity contribution in [3.63, 3.8) is 0 Å². The Bertz CT molecular complexity index is 3190. The molecule has 72 heavy (non-hydrogen) atoms. The van der Waals surface area contributed by atoms with E-state index in [1.807, 2.05) is 26.0 Å². The van der Waals surface area contributed by atoms with E-state index in [2.05, 4.69) is 40.4 Å². The zero-order valence-corrected chi connectivity index (χ0v) is 41.1. The molecule has 0 unspecified atom stereocenters. The van der Waals surface area contributed by atoms with E-state index in [-0.39, 0.29) is 85.6 Å². The molecule has 1 fully saturated rings. The average Bonchev–Trinajstić information content (AvgIpc) is 4.14. The Labute approximate surface area is 413 Å². The van der Waals surface area contributed by atoms with Gasteiger partial charge in [0.15, 0.2) is 0 Å². The Morgan fingerprint density at radius 3 is 1.75 bits per heavy atom. The predicted molar refractivity (Wildman–Crippen MR) is 263 cm³/mol. The van der Waals surface area contributed by atoms with Crippen LogP contribution in [0.4, 0.5) is 0 Å². The summed E-state index contributed by atoms with van der Waals surface area (Å²) in [5.74, 6) is -2.23. The number of hydrogen-bond donors (Lipinski definition) is 6. The van der Waals surface area contributed by atoms with Gasteiger partial charge >= 0.3 is 0 Å². The fourth-order valence-electron chi connectivity index (χ4n) is 8.57. The summed E-state index contributed by atoms with van der Waals surface area (Å²) in [6.07, 6.45) is 4.40. The summed E-state index contributed by atoms with van der Waals surface area (Å²) >= 11 is 0. The topological polar surface area (TPSA) is 313 Å². The lowest BCUT2D eigenvalue weighted by Gasteiger charge is -2.34. The lowest BCUT2D eigenvalue weighted by molar-refractivity contribution is -0.135. The molecule has 0 spiro atoms. The number of allylic oxidation sites excluding steroid dienone is 2. The summed E-state index contributed by atoms with van der Waals surface area (Å²) in [6.45, 7) is 11.6. The first-order valence-electron chi connectivity index (χ1n) is 23.7. The van der Waals surface area contributed by atoms with Gasteiger partial charge in [0, 0.05) is 89.4 Å². The van der Waals surface area contributed by atoms with Gasteiger partial charge in [0.05, 0.1) is 42.7 Å². The number of nitrogens with zero attached hydrogens (tertiary/aromatic N) is 10. The number of aromatic amines is 2. The highest BCUT2D eigenvalue weighted by Gasteiger charge is 2.23. The maximum absolute atomic E-state index is 13.9. The molecule has 1 aliphatic heterocycles. The highest BCUT2D eigenvalue weighted by molar-refractivity contribution is 6.00. The van der Waals surface area contributed by atoms with Gasteiger partial charge in [-0.15, -0.1) is 0 Å². The first kappa shape index (κ1) is 51.7. The number of fused-ring (bicyclic) bond motifs is 2. The molecule has 24 heteroatoms. The third kappa shape index (κ3) is 11.9. The molecule has 1 aliphatic rings. The Morgan fingerprint density at radius 2 is 1.26 bits per heavy atom. The molecular formula is C48H61N15O9. The number of piperazine rings is 1. The van der Waals surface area contributed by atoms with Gasteiger partial charge in [0.2, 0.25) is 34.9 Å². The summed E-state index contributed by atoms with van der Waals surface area (Å²) in [6, 6.07) is 9.51. The molecule has 0 atom stereocenters. The first-order valence-corrected chi connectivity index (χ1v) is 23.7. The molecule has 0 saturated carbocycles. The van der Waals surface area contributed by atoms with Gasteiger partial charge in [0.1, 0.15) is 33.9 Å². The number of methoxy groups -OCH3 is 1. The second kappa shape index (κ2) is 23.2. The number of ether oxygens (including phenoxy) is 2. The summed E-state index contributed by atoms with van der Waals surface area (Å²) in [4.78, 5) is 96.6. The maximum Gasteiger partial charge on any atom is 0.298 e. The van der Waals surface area contributed by atoms with Crippen molar-refractivity contribution in [3.05, 3.63) is 93.7 Å². The normalized spacial score (nSPS) is 13.7. The number of aliphatic hydroxyl groups is 1. The molecule has 0 radical (unpaired) electrons. The summed E-state index contributed by atoms with van der Waals surface area (Å²) in [5.41, 5.74) is 15.9. The number of benzene rings is 2. The number of primary amides is 2. The number of nitrogens with two attached hydrogens (primary N) is 2. The van der Waals surface area contributed by atoms with Gasteiger partial charge in [-0.05, 0) is 70.5 Å². The quantitative estimate of drug-likeness (QED) is 0.0436. The Hall–Kier alpha value is -8.12. The number of H-pyrrole nitrogens is 2. The van der Waals surface area contributed by atoms with Gasteiger partial charge in [-0.25, -0.2) is 0 Å². The minimum absolute atomic E-state index is 0.0592. The van der Waals surface area contributed by atoms with Crippen LogP contribution in [-0.2, 0) is 35.8 Å². The van der Waals surface area contributed by atoms with E-state index in [1.165, 1.54) is 13.2 Å². The van der Waals surface area contributed by atoms with E-state index in [0.29, 0.717) is 103 Å². The smallest absolute Gasteiger partial charge is 0.298 e. The molecule has 7 rings (SSSR count). The fraction of sp³-hybridized carbons (Fsp3) is 0.417. The van der Waals surface area contributed by atoms with E-state index in [4.69, 9.17) is 26.0 Å². The monoisotopic (exact) mass is 991 g/mol. The Kier molecular flexibility index (Phi) is 16.7. The highest BCUT2D eigenvalue weighted by Crippen LogP contribution is 2.28. The van der Waals surface area contributed by atoms with Crippen LogP contribution in [0.1, 0.15) is 86.2 Å². The standard InChI is InChI=1S/C48H61N15O9/c1-6-62-35(23-29(3)56-62)45(69)54-47-52-33-25-31(43(49)67)27-37(71-5)41(33)60(47)15-8-9-16-61-42-34(53-48(61)55-46(70)36-24-30(4)57-63(36)7-2)26-32(44(50)68)28-38(42)72-22-10-14-58-17-19-59(20-18-58)40(66)12-11-39(65)51-13-21-64/h8-9,23-28,64H,6-7,10-22H2,1-5H3,(H2,49,67)(H2,50,68)(H,51,65)(H,52,54,69)(H,53,55,70)/b9-8+. The van der Waals surface area contributed by atoms with E-state index in [9.17, 15) is 28.8 Å². The van der Waals surface area contributed by atoms with Gasteiger partial charge < -0.3 is 55.4 Å². The number of rotatable bonds is 21. The van der Waals surface area contributed by atoms with Crippen molar-refractivity contribution in [2.75, 3.05) is 59.6 Å². The minimum Gasteiger partial charge on any atom is -0.494 e. The largest absolute Gasteiger partial charge is 0.494 e. The van der Waals surface area contributed by atoms with Crippen LogP contribution in [0.25, 0.3) is 22.1 Å².